The van der Waals surface area contributed by atoms with Gasteiger partial charge in [0.05, 0.1) is 6.33 Å². The van der Waals surface area contributed by atoms with Gasteiger partial charge in [0.15, 0.2) is 11.5 Å². The molecule has 1 aliphatic rings. The molecule has 1 saturated heterocycles. The van der Waals surface area contributed by atoms with Crippen molar-refractivity contribution in [3.8, 4) is 0 Å². The van der Waals surface area contributed by atoms with Crippen LogP contribution in [-0.4, -0.2) is 50.4 Å². The van der Waals surface area contributed by atoms with Crippen LogP contribution in [0.1, 0.15) is 12.8 Å². The smallest absolute Gasteiger partial charge is 0.222 e. The van der Waals surface area contributed by atoms with Crippen molar-refractivity contribution in [3.63, 3.8) is 0 Å². The van der Waals surface area contributed by atoms with E-state index in [9.17, 15) is 4.79 Å². The van der Waals surface area contributed by atoms with Crippen molar-refractivity contribution in [1.29, 1.82) is 0 Å². The second-order valence-corrected chi connectivity index (χ2v) is 4.48. The maximum Gasteiger partial charge on any atom is 0.222 e. The minimum absolute atomic E-state index is 0.197. The number of piperidine rings is 1. The Kier molecular flexibility index (Phi) is 2.58. The van der Waals surface area contributed by atoms with E-state index in [4.69, 9.17) is 0 Å². The maximum atomic E-state index is 11.4. The summed E-state index contributed by atoms with van der Waals surface area (Å²) in [5, 5.41) is 3.34. The third-order valence-electron chi connectivity index (χ3n) is 3.19. The largest absolute Gasteiger partial charge is 0.364 e. The molecule has 7 nitrogen and oxygen atoms in total. The standard InChI is InChI=1S/C11H14N6O/c1-17-4-7(2-3-8(17)18)16-11-9-10(13-5-12-9)14-6-15-11/h5-7H,2-4H2,1H3,(H2,12,13,14,15,16). The zero-order chi connectivity index (χ0) is 12.5. The fourth-order valence-corrected chi connectivity index (χ4v) is 2.20. The molecule has 1 aliphatic heterocycles. The number of imidazole rings is 1. The number of aromatic amines is 1. The van der Waals surface area contributed by atoms with Crippen LogP contribution in [0.4, 0.5) is 5.82 Å². The van der Waals surface area contributed by atoms with Gasteiger partial charge in [-0.3, -0.25) is 4.79 Å². The van der Waals surface area contributed by atoms with E-state index < -0.39 is 0 Å². The average molecular weight is 246 g/mol. The second kappa shape index (κ2) is 4.25. The molecule has 2 aromatic heterocycles. The van der Waals surface area contributed by atoms with Crippen molar-refractivity contribution in [2.75, 3.05) is 18.9 Å². The van der Waals surface area contributed by atoms with Gasteiger partial charge in [-0.1, -0.05) is 0 Å². The minimum atomic E-state index is 0.197. The van der Waals surface area contributed by atoms with E-state index in [2.05, 4.69) is 25.3 Å². The van der Waals surface area contributed by atoms with Crippen LogP contribution in [0, 0.1) is 0 Å². The monoisotopic (exact) mass is 246 g/mol. The average Bonchev–Trinajstić information content (AvgIpc) is 2.83. The number of nitrogens with zero attached hydrogens (tertiary/aromatic N) is 4. The van der Waals surface area contributed by atoms with E-state index in [1.54, 1.807) is 11.2 Å². The Bertz CT molecular complexity index is 580. The molecule has 2 aromatic rings. The summed E-state index contributed by atoms with van der Waals surface area (Å²) in [5.41, 5.74) is 1.45. The van der Waals surface area contributed by atoms with Gasteiger partial charge in [0.1, 0.15) is 11.8 Å². The van der Waals surface area contributed by atoms with Crippen LogP contribution in [0.5, 0.6) is 0 Å². The van der Waals surface area contributed by atoms with Gasteiger partial charge < -0.3 is 15.2 Å². The van der Waals surface area contributed by atoms with Crippen molar-refractivity contribution >= 4 is 22.9 Å². The molecule has 3 rings (SSSR count). The number of carbonyl (C=O) groups excluding carboxylic acids is 1. The highest BCUT2D eigenvalue weighted by atomic mass is 16.2. The number of hydrogen-bond donors (Lipinski definition) is 2. The van der Waals surface area contributed by atoms with Crippen molar-refractivity contribution in [2.45, 2.75) is 18.9 Å². The number of likely N-dealkylation sites (N-methyl/N-ethyl adjacent to an activating group) is 1. The summed E-state index contributed by atoms with van der Waals surface area (Å²) in [5.74, 6) is 0.938. The highest BCUT2D eigenvalue weighted by Crippen LogP contribution is 2.19. The van der Waals surface area contributed by atoms with Crippen LogP contribution in [0.3, 0.4) is 0 Å². The highest BCUT2D eigenvalue weighted by Gasteiger charge is 2.23. The van der Waals surface area contributed by atoms with Crippen LogP contribution < -0.4 is 5.32 Å². The molecule has 0 aliphatic carbocycles. The zero-order valence-electron chi connectivity index (χ0n) is 10.1. The van der Waals surface area contributed by atoms with Crippen LogP contribution in [0.25, 0.3) is 11.2 Å². The summed E-state index contributed by atoms with van der Waals surface area (Å²) in [6, 6.07) is 0.217. The summed E-state index contributed by atoms with van der Waals surface area (Å²) >= 11 is 0. The Morgan fingerprint density at radius 3 is 3.17 bits per heavy atom. The Labute approximate surface area is 104 Å². The third kappa shape index (κ3) is 1.87. The Morgan fingerprint density at radius 2 is 2.33 bits per heavy atom. The first-order valence-corrected chi connectivity index (χ1v) is 5.88. The van der Waals surface area contributed by atoms with Gasteiger partial charge >= 0.3 is 0 Å². The number of aromatic nitrogens is 4. The SMILES string of the molecule is CN1CC(Nc2ncnc3nc[nH]c23)CCC1=O. The van der Waals surface area contributed by atoms with Crippen molar-refractivity contribution < 1.29 is 4.79 Å². The number of anilines is 1. The molecule has 1 atom stereocenters. The number of amides is 1. The Balaban J connectivity index is 1.80. The summed E-state index contributed by atoms with van der Waals surface area (Å²) in [6.45, 7) is 0.693. The number of likely N-dealkylation sites (tertiary alicyclic amines) is 1. The molecule has 1 amide bonds. The van der Waals surface area contributed by atoms with Crippen molar-refractivity contribution in [2.24, 2.45) is 0 Å². The van der Waals surface area contributed by atoms with Crippen LogP contribution >= 0.6 is 0 Å². The lowest BCUT2D eigenvalue weighted by atomic mass is 10.1. The molecule has 18 heavy (non-hydrogen) atoms. The van der Waals surface area contributed by atoms with Crippen LogP contribution in [-0.2, 0) is 4.79 Å². The Morgan fingerprint density at radius 1 is 1.44 bits per heavy atom. The first-order valence-electron chi connectivity index (χ1n) is 5.88. The number of nitrogens with one attached hydrogen (secondary N) is 2. The highest BCUT2D eigenvalue weighted by molar-refractivity contribution is 5.82. The van der Waals surface area contributed by atoms with Gasteiger partial charge in [0.25, 0.3) is 0 Å². The van der Waals surface area contributed by atoms with Crippen molar-refractivity contribution in [3.05, 3.63) is 12.7 Å². The van der Waals surface area contributed by atoms with Crippen LogP contribution in [0.15, 0.2) is 12.7 Å². The number of carbonyl (C=O) groups is 1. The normalized spacial score (nSPS) is 20.4. The summed E-state index contributed by atoms with van der Waals surface area (Å²) in [6.07, 6.45) is 4.48. The lowest BCUT2D eigenvalue weighted by Crippen LogP contribution is -2.43. The molecule has 1 unspecified atom stereocenters. The fraction of sp³-hybridized carbons (Fsp3) is 0.455. The van der Waals surface area contributed by atoms with E-state index in [0.29, 0.717) is 18.6 Å². The number of rotatable bonds is 2. The van der Waals surface area contributed by atoms with Gasteiger partial charge in [0, 0.05) is 26.1 Å². The summed E-state index contributed by atoms with van der Waals surface area (Å²) in [7, 11) is 1.82. The number of hydrogen-bond acceptors (Lipinski definition) is 5. The zero-order valence-corrected chi connectivity index (χ0v) is 10.1. The fourth-order valence-electron chi connectivity index (χ4n) is 2.20. The minimum Gasteiger partial charge on any atom is -0.364 e. The van der Waals surface area contributed by atoms with E-state index in [-0.39, 0.29) is 11.9 Å². The van der Waals surface area contributed by atoms with E-state index in [0.717, 1.165) is 17.8 Å². The maximum absolute atomic E-state index is 11.4. The topological polar surface area (TPSA) is 86.8 Å². The molecule has 2 N–H and O–H groups in total. The summed E-state index contributed by atoms with van der Waals surface area (Å²) in [4.78, 5) is 28.6. The van der Waals surface area contributed by atoms with E-state index in [1.807, 2.05) is 7.05 Å². The molecule has 1 fully saturated rings. The lowest BCUT2D eigenvalue weighted by molar-refractivity contribution is -0.132. The van der Waals surface area contributed by atoms with Gasteiger partial charge in [-0.25, -0.2) is 15.0 Å². The first kappa shape index (κ1) is 10.9. The first-order chi connectivity index (χ1) is 8.74. The molecule has 0 saturated carbocycles. The molecule has 0 bridgehead atoms. The van der Waals surface area contributed by atoms with Crippen molar-refractivity contribution in [1.82, 2.24) is 24.8 Å². The molecule has 0 aromatic carbocycles. The van der Waals surface area contributed by atoms with Crippen LogP contribution in [0.2, 0.25) is 0 Å². The van der Waals surface area contributed by atoms with Gasteiger partial charge in [-0.2, -0.15) is 0 Å². The molecule has 0 spiro atoms. The Hall–Kier alpha value is -2.18. The molecule has 3 heterocycles. The van der Waals surface area contributed by atoms with Gasteiger partial charge in [0.2, 0.25) is 5.91 Å². The molecular weight excluding hydrogens is 232 g/mol. The van der Waals surface area contributed by atoms with Gasteiger partial charge in [-0.05, 0) is 6.42 Å². The molecule has 94 valence electrons. The predicted octanol–water partition coefficient (Wildman–Crippen LogP) is 0.386. The number of fused-ring (bicyclic) bond motifs is 1. The molecule has 0 radical (unpaired) electrons. The van der Waals surface area contributed by atoms with Gasteiger partial charge in [-0.15, -0.1) is 0 Å². The molecule has 7 heteroatoms. The van der Waals surface area contributed by atoms with E-state index in [1.165, 1.54) is 6.33 Å². The predicted molar refractivity (Wildman–Crippen MR) is 66.0 cm³/mol. The van der Waals surface area contributed by atoms with E-state index >= 15 is 0 Å². The quantitative estimate of drug-likeness (QED) is 0.800. The summed E-state index contributed by atoms with van der Waals surface area (Å²) < 4.78 is 0. The molecular formula is C11H14N6O. The lowest BCUT2D eigenvalue weighted by Gasteiger charge is -2.30. The second-order valence-electron chi connectivity index (χ2n) is 4.48. The third-order valence-corrected chi connectivity index (χ3v) is 3.19. The number of H-pyrrole nitrogens is 1.